The normalized spacial score (nSPS) is 12.6. The Kier molecular flexibility index (Phi) is 65.2. The summed E-state index contributed by atoms with van der Waals surface area (Å²) in [6.07, 6.45) is 90.8. The van der Waals surface area contributed by atoms with Crippen LogP contribution in [0.3, 0.4) is 0 Å². The van der Waals surface area contributed by atoms with Crippen LogP contribution >= 0.6 is 0 Å². The summed E-state index contributed by atoms with van der Waals surface area (Å²) in [7, 11) is 0. The second kappa shape index (κ2) is 68.1. The van der Waals surface area contributed by atoms with Gasteiger partial charge in [0, 0.05) is 19.3 Å². The van der Waals surface area contributed by atoms with E-state index in [1.54, 1.807) is 0 Å². The van der Waals surface area contributed by atoms with Crippen molar-refractivity contribution >= 4 is 17.9 Å². The van der Waals surface area contributed by atoms with Gasteiger partial charge >= 0.3 is 17.9 Å². The van der Waals surface area contributed by atoms with Gasteiger partial charge in [-0.2, -0.15) is 0 Å². The lowest BCUT2D eigenvalue weighted by molar-refractivity contribution is -0.166. The van der Waals surface area contributed by atoms with Crippen molar-refractivity contribution in [3.63, 3.8) is 0 Å². The fourth-order valence-electron chi connectivity index (χ4n) is 10.1. The first-order chi connectivity index (χ1) is 39.5. The van der Waals surface area contributed by atoms with E-state index in [1.807, 2.05) is 6.08 Å². The van der Waals surface area contributed by atoms with Gasteiger partial charge < -0.3 is 14.2 Å². The third kappa shape index (κ3) is 65.4. The molecule has 0 heterocycles. The molecule has 0 N–H and O–H groups in total. The van der Waals surface area contributed by atoms with Crippen LogP contribution in [0, 0.1) is 0 Å². The maximum Gasteiger partial charge on any atom is 0.306 e. The zero-order chi connectivity index (χ0) is 57.8. The van der Waals surface area contributed by atoms with Gasteiger partial charge in [-0.1, -0.05) is 337 Å². The molecule has 1 unspecified atom stereocenters. The second-order valence-corrected chi connectivity index (χ2v) is 23.0. The van der Waals surface area contributed by atoms with E-state index in [9.17, 15) is 14.4 Å². The zero-order valence-corrected chi connectivity index (χ0v) is 53.1. The maximum absolute atomic E-state index is 12.9. The summed E-state index contributed by atoms with van der Waals surface area (Å²) in [6.45, 7) is 6.38. The third-order valence-electron chi connectivity index (χ3n) is 15.2. The summed E-state index contributed by atoms with van der Waals surface area (Å²) in [5.74, 6) is -0.982. The summed E-state index contributed by atoms with van der Waals surface area (Å²) in [5.41, 5.74) is 0. The van der Waals surface area contributed by atoms with Gasteiger partial charge in [0.25, 0.3) is 0 Å². The minimum atomic E-state index is -0.811. The van der Waals surface area contributed by atoms with E-state index in [-0.39, 0.29) is 37.5 Å². The topological polar surface area (TPSA) is 78.9 Å². The second-order valence-electron chi connectivity index (χ2n) is 23.0. The smallest absolute Gasteiger partial charge is 0.306 e. The highest BCUT2D eigenvalue weighted by Gasteiger charge is 2.19. The van der Waals surface area contributed by atoms with E-state index in [2.05, 4.69) is 99.8 Å². The Hall–Kier alpha value is -3.41. The molecule has 80 heavy (non-hydrogen) atoms. The molecule has 0 aromatic heterocycles. The largest absolute Gasteiger partial charge is 0.462 e. The Labute approximate surface area is 496 Å². The van der Waals surface area contributed by atoms with Crippen LogP contribution in [0.25, 0.3) is 0 Å². The van der Waals surface area contributed by atoms with E-state index in [1.165, 1.54) is 212 Å². The highest BCUT2D eigenvalue weighted by atomic mass is 16.6. The third-order valence-corrected chi connectivity index (χ3v) is 15.2. The molecule has 0 radical (unpaired) electrons. The van der Waals surface area contributed by atoms with Gasteiger partial charge in [-0.25, -0.2) is 0 Å². The van der Waals surface area contributed by atoms with Crippen molar-refractivity contribution in [3.05, 3.63) is 85.1 Å². The molecule has 0 saturated carbocycles. The monoisotopic (exact) mass is 1110 g/mol. The average molecular weight is 1120 g/mol. The number of unbranched alkanes of at least 4 members (excludes halogenated alkanes) is 38. The van der Waals surface area contributed by atoms with Crippen molar-refractivity contribution in [2.45, 2.75) is 354 Å². The molecule has 6 nitrogen and oxygen atoms in total. The molecular weight excluding hydrogens is 985 g/mol. The lowest BCUT2D eigenvalue weighted by Gasteiger charge is -2.18. The van der Waals surface area contributed by atoms with Crippen LogP contribution in [0.5, 0.6) is 0 Å². The zero-order valence-electron chi connectivity index (χ0n) is 53.1. The predicted octanol–water partition coefficient (Wildman–Crippen LogP) is 23.8. The van der Waals surface area contributed by atoms with Crippen molar-refractivity contribution in [1.29, 1.82) is 0 Å². The van der Waals surface area contributed by atoms with Crippen LogP contribution in [-0.4, -0.2) is 37.2 Å². The van der Waals surface area contributed by atoms with Crippen molar-refractivity contribution < 1.29 is 28.6 Å². The first kappa shape index (κ1) is 76.6. The van der Waals surface area contributed by atoms with Crippen LogP contribution in [0.15, 0.2) is 85.1 Å². The number of ether oxygens (including phenoxy) is 3. The van der Waals surface area contributed by atoms with E-state index in [0.29, 0.717) is 19.3 Å². The Morgan fingerprint density at radius 3 is 0.838 bits per heavy atom. The molecule has 0 fully saturated rings. The number of carbonyl (C=O) groups excluding carboxylic acids is 3. The number of esters is 3. The summed E-state index contributed by atoms with van der Waals surface area (Å²) in [4.78, 5) is 38.3. The van der Waals surface area contributed by atoms with Crippen molar-refractivity contribution in [1.82, 2.24) is 0 Å². The summed E-state index contributed by atoms with van der Waals surface area (Å²) in [5, 5.41) is 0. The van der Waals surface area contributed by atoms with Gasteiger partial charge in [0.2, 0.25) is 0 Å². The summed E-state index contributed by atoms with van der Waals surface area (Å²) >= 11 is 0. The molecule has 6 heteroatoms. The van der Waals surface area contributed by atoms with Crippen LogP contribution in [-0.2, 0) is 28.6 Å². The number of hydrogen-bond acceptors (Lipinski definition) is 6. The van der Waals surface area contributed by atoms with Gasteiger partial charge in [-0.15, -0.1) is 0 Å². The van der Waals surface area contributed by atoms with Crippen molar-refractivity contribution in [2.24, 2.45) is 0 Å². The van der Waals surface area contributed by atoms with E-state index in [4.69, 9.17) is 14.2 Å². The average Bonchev–Trinajstić information content (AvgIpc) is 3.46. The lowest BCUT2D eigenvalue weighted by Crippen LogP contribution is -2.30. The Morgan fingerprint density at radius 1 is 0.263 bits per heavy atom. The van der Waals surface area contributed by atoms with Crippen LogP contribution < -0.4 is 0 Å². The number of hydrogen-bond donors (Lipinski definition) is 0. The van der Waals surface area contributed by atoms with Crippen LogP contribution in [0.2, 0.25) is 0 Å². The molecule has 0 aromatic carbocycles. The van der Waals surface area contributed by atoms with Gasteiger partial charge in [-0.05, 0) is 77.0 Å². The molecule has 462 valence electrons. The first-order valence-electron chi connectivity index (χ1n) is 34.6. The van der Waals surface area contributed by atoms with Gasteiger partial charge in [0.05, 0.1) is 0 Å². The van der Waals surface area contributed by atoms with Gasteiger partial charge in [0.15, 0.2) is 6.10 Å². The fourth-order valence-corrected chi connectivity index (χ4v) is 10.1. The van der Waals surface area contributed by atoms with Crippen molar-refractivity contribution in [2.75, 3.05) is 13.2 Å². The van der Waals surface area contributed by atoms with Gasteiger partial charge in [-0.3, -0.25) is 14.4 Å². The molecule has 0 amide bonds. The summed E-state index contributed by atoms with van der Waals surface area (Å²) in [6, 6.07) is 0. The highest BCUT2D eigenvalue weighted by Crippen LogP contribution is 2.18. The first-order valence-corrected chi connectivity index (χ1v) is 34.6. The molecule has 0 aliphatic carbocycles. The minimum absolute atomic E-state index is 0.100. The van der Waals surface area contributed by atoms with Crippen LogP contribution in [0.1, 0.15) is 348 Å². The Bertz CT molecular complexity index is 1520. The van der Waals surface area contributed by atoms with E-state index < -0.39 is 6.10 Å². The van der Waals surface area contributed by atoms with Gasteiger partial charge in [0.1, 0.15) is 13.2 Å². The molecule has 0 aliphatic rings. The summed E-state index contributed by atoms with van der Waals surface area (Å²) < 4.78 is 16.9. The molecule has 1 atom stereocenters. The standard InChI is InChI=1S/C74H130O6/c1-4-7-10-13-16-19-22-25-27-29-30-31-32-33-34-35-36-37-38-39-40-41-42-43-45-46-49-52-55-58-61-64-67-73(76)79-70-71(69-78-72(75)66-63-60-57-54-51-48-24-21-18-15-12-9-6-3)80-74(77)68-65-62-59-56-53-50-47-44-28-26-23-20-17-14-11-8-5-2/h8-9,11-12,17-18,20-21,26,28,48,51,57,60,71H,4-7,10,13-16,19,22-25,27,29-47,49-50,52-56,58-59,61-70H2,1-3H3/b11-8-,12-9-,20-17-,21-18-,28-26-,51-48-,60-57-. The molecule has 0 bridgehead atoms. The van der Waals surface area contributed by atoms with E-state index >= 15 is 0 Å². The maximum atomic E-state index is 12.9. The lowest BCUT2D eigenvalue weighted by atomic mass is 10.0. The van der Waals surface area contributed by atoms with Crippen LogP contribution in [0.4, 0.5) is 0 Å². The molecule has 0 saturated heterocycles. The minimum Gasteiger partial charge on any atom is -0.462 e. The highest BCUT2D eigenvalue weighted by molar-refractivity contribution is 5.71. The molecule has 0 rings (SSSR count). The Morgan fingerprint density at radius 2 is 0.512 bits per heavy atom. The van der Waals surface area contributed by atoms with E-state index in [0.717, 1.165) is 89.9 Å². The van der Waals surface area contributed by atoms with Crippen molar-refractivity contribution in [3.8, 4) is 0 Å². The number of allylic oxidation sites excluding steroid dienone is 14. The molecule has 0 aromatic rings. The predicted molar refractivity (Wildman–Crippen MR) is 348 cm³/mol. The number of rotatable bonds is 63. The molecule has 0 spiro atoms. The Balaban J connectivity index is 4.17. The molecule has 0 aliphatic heterocycles. The quantitative estimate of drug-likeness (QED) is 0.0261. The molecular formula is C74H130O6. The SMILES string of the molecule is CC/C=C\C/C=C\C/C=C\C/C=C\CCC(=O)OCC(COC(=O)CCCCCCCCCCCCCCCCCCCCCCCCCCCCCCCCCC)OC(=O)CCCCCCCCC/C=C\C/C=C\C/C=C\CC. The fraction of sp³-hybridized carbons (Fsp3) is 0.770. The number of carbonyl (C=O) groups is 3.